The van der Waals surface area contributed by atoms with Crippen molar-refractivity contribution in [3.8, 4) is 0 Å². The van der Waals surface area contributed by atoms with Gasteiger partial charge in [0.05, 0.1) is 11.0 Å². The summed E-state index contributed by atoms with van der Waals surface area (Å²) in [6.07, 6.45) is 6.37. The van der Waals surface area contributed by atoms with Crippen LogP contribution in [0.4, 0.5) is 11.5 Å². The van der Waals surface area contributed by atoms with E-state index in [2.05, 4.69) is 15.2 Å². The zero-order valence-electron chi connectivity index (χ0n) is 11.5. The van der Waals surface area contributed by atoms with Crippen molar-refractivity contribution in [2.75, 3.05) is 31.1 Å². The Balaban J connectivity index is 1.79. The van der Waals surface area contributed by atoms with Crippen molar-refractivity contribution in [3.05, 3.63) is 28.4 Å². The predicted molar refractivity (Wildman–Crippen MR) is 76.9 cm³/mol. The van der Waals surface area contributed by atoms with Gasteiger partial charge < -0.3 is 10.2 Å². The van der Waals surface area contributed by atoms with Crippen LogP contribution in [0.25, 0.3) is 0 Å². The number of hydrogen-bond donors (Lipinski definition) is 1. The van der Waals surface area contributed by atoms with Gasteiger partial charge in [-0.2, -0.15) is 0 Å². The third-order valence-corrected chi connectivity index (χ3v) is 4.49. The molecule has 3 heterocycles. The standard InChI is InChI=1S/C14H20N4O2/c19-18(20)12-3-7-16-13(9-12)17-8-2-5-14(11-17)4-1-6-15-10-14/h3,7,9,15H,1-2,4-6,8,10-11H2. The number of nitro groups is 1. The first-order valence-electron chi connectivity index (χ1n) is 7.25. The lowest BCUT2D eigenvalue weighted by molar-refractivity contribution is -0.384. The molecule has 108 valence electrons. The fourth-order valence-corrected chi connectivity index (χ4v) is 3.48. The van der Waals surface area contributed by atoms with Crippen LogP contribution in [-0.2, 0) is 0 Å². The van der Waals surface area contributed by atoms with Crippen LogP contribution in [-0.4, -0.2) is 36.1 Å². The molecule has 0 amide bonds. The van der Waals surface area contributed by atoms with Crippen molar-refractivity contribution in [2.45, 2.75) is 25.7 Å². The monoisotopic (exact) mass is 276 g/mol. The average Bonchev–Trinajstić information content (AvgIpc) is 2.48. The molecule has 1 spiro atoms. The van der Waals surface area contributed by atoms with Gasteiger partial charge in [-0.1, -0.05) is 0 Å². The first-order valence-corrected chi connectivity index (χ1v) is 7.25. The Hall–Kier alpha value is -1.69. The quantitative estimate of drug-likeness (QED) is 0.660. The van der Waals surface area contributed by atoms with E-state index >= 15 is 0 Å². The number of nitrogens with zero attached hydrogens (tertiary/aromatic N) is 3. The number of rotatable bonds is 2. The van der Waals surface area contributed by atoms with Gasteiger partial charge in [0.15, 0.2) is 0 Å². The highest BCUT2D eigenvalue weighted by atomic mass is 16.6. The normalized spacial score (nSPS) is 26.7. The molecule has 1 aromatic heterocycles. The van der Waals surface area contributed by atoms with Crippen molar-refractivity contribution in [1.29, 1.82) is 0 Å². The van der Waals surface area contributed by atoms with Crippen molar-refractivity contribution in [3.63, 3.8) is 0 Å². The fraction of sp³-hybridized carbons (Fsp3) is 0.643. The SMILES string of the molecule is O=[N+]([O-])c1ccnc(N2CCCC3(CCCNC3)C2)c1. The zero-order chi connectivity index (χ0) is 14.0. The first-order chi connectivity index (χ1) is 9.69. The molecule has 0 saturated carbocycles. The fourth-order valence-electron chi connectivity index (χ4n) is 3.48. The Labute approximate surface area is 118 Å². The summed E-state index contributed by atoms with van der Waals surface area (Å²) in [5.41, 5.74) is 0.444. The molecule has 1 atom stereocenters. The van der Waals surface area contributed by atoms with Gasteiger partial charge in [-0.15, -0.1) is 0 Å². The molecule has 1 N–H and O–H groups in total. The van der Waals surface area contributed by atoms with Crippen LogP contribution in [0, 0.1) is 15.5 Å². The molecule has 1 unspecified atom stereocenters. The molecular formula is C14H20N4O2. The lowest BCUT2D eigenvalue weighted by Crippen LogP contribution is -2.51. The summed E-state index contributed by atoms with van der Waals surface area (Å²) < 4.78 is 0. The molecule has 6 heteroatoms. The molecule has 2 fully saturated rings. The van der Waals surface area contributed by atoms with Gasteiger partial charge in [-0.05, 0) is 32.2 Å². The lowest BCUT2D eigenvalue weighted by atomic mass is 9.74. The second-order valence-corrected chi connectivity index (χ2v) is 5.93. The van der Waals surface area contributed by atoms with Gasteiger partial charge in [0.1, 0.15) is 5.82 Å². The van der Waals surface area contributed by atoms with E-state index in [0.717, 1.165) is 38.4 Å². The van der Waals surface area contributed by atoms with Gasteiger partial charge in [-0.3, -0.25) is 10.1 Å². The van der Waals surface area contributed by atoms with Crippen LogP contribution in [0.3, 0.4) is 0 Å². The van der Waals surface area contributed by atoms with Crippen LogP contribution in [0.5, 0.6) is 0 Å². The summed E-state index contributed by atoms with van der Waals surface area (Å²) >= 11 is 0. The number of piperidine rings is 2. The lowest BCUT2D eigenvalue weighted by Gasteiger charge is -2.45. The topological polar surface area (TPSA) is 71.3 Å². The number of aromatic nitrogens is 1. The van der Waals surface area contributed by atoms with Crippen molar-refractivity contribution in [2.24, 2.45) is 5.41 Å². The molecule has 2 saturated heterocycles. The van der Waals surface area contributed by atoms with Gasteiger partial charge in [0.2, 0.25) is 0 Å². The highest BCUT2D eigenvalue weighted by Crippen LogP contribution is 2.37. The maximum atomic E-state index is 10.9. The molecule has 0 aliphatic carbocycles. The predicted octanol–water partition coefficient (Wildman–Crippen LogP) is 1.96. The van der Waals surface area contributed by atoms with E-state index in [-0.39, 0.29) is 10.6 Å². The maximum absolute atomic E-state index is 10.9. The second-order valence-electron chi connectivity index (χ2n) is 5.93. The average molecular weight is 276 g/mol. The maximum Gasteiger partial charge on any atom is 0.274 e. The largest absolute Gasteiger partial charge is 0.356 e. The Morgan fingerprint density at radius 2 is 2.25 bits per heavy atom. The van der Waals surface area contributed by atoms with Crippen LogP contribution in [0.2, 0.25) is 0 Å². The summed E-state index contributed by atoms with van der Waals surface area (Å²) in [5.74, 6) is 0.740. The minimum atomic E-state index is -0.354. The van der Waals surface area contributed by atoms with E-state index in [4.69, 9.17) is 0 Å². The highest BCUT2D eigenvalue weighted by Gasteiger charge is 2.37. The summed E-state index contributed by atoms with van der Waals surface area (Å²) in [4.78, 5) is 17.1. The number of hydrogen-bond acceptors (Lipinski definition) is 5. The summed E-state index contributed by atoms with van der Waals surface area (Å²) in [7, 11) is 0. The smallest absolute Gasteiger partial charge is 0.274 e. The van der Waals surface area contributed by atoms with Gasteiger partial charge in [0.25, 0.3) is 5.69 Å². The zero-order valence-corrected chi connectivity index (χ0v) is 11.5. The minimum absolute atomic E-state index is 0.122. The highest BCUT2D eigenvalue weighted by molar-refractivity contribution is 5.47. The number of anilines is 1. The second kappa shape index (κ2) is 5.36. The minimum Gasteiger partial charge on any atom is -0.356 e. The molecule has 0 aromatic carbocycles. The molecule has 3 rings (SSSR count). The van der Waals surface area contributed by atoms with E-state index in [1.165, 1.54) is 31.5 Å². The molecular weight excluding hydrogens is 256 g/mol. The molecule has 1 aromatic rings. The summed E-state index contributed by atoms with van der Waals surface area (Å²) in [5, 5.41) is 14.4. The van der Waals surface area contributed by atoms with Crippen LogP contribution in [0.1, 0.15) is 25.7 Å². The summed E-state index contributed by atoms with van der Waals surface area (Å²) in [6.45, 7) is 4.05. The molecule has 2 aliphatic rings. The van der Waals surface area contributed by atoms with Gasteiger partial charge in [0, 0.05) is 37.3 Å². The Kier molecular flexibility index (Phi) is 3.56. The first kappa shape index (κ1) is 13.3. The molecule has 0 radical (unpaired) electrons. The van der Waals surface area contributed by atoms with E-state index in [1.54, 1.807) is 6.07 Å². The number of nitrogens with one attached hydrogen (secondary N) is 1. The van der Waals surface area contributed by atoms with E-state index in [9.17, 15) is 10.1 Å². The molecule has 6 nitrogen and oxygen atoms in total. The van der Waals surface area contributed by atoms with E-state index in [0.29, 0.717) is 5.41 Å². The van der Waals surface area contributed by atoms with E-state index < -0.39 is 0 Å². The van der Waals surface area contributed by atoms with Crippen molar-refractivity contribution >= 4 is 11.5 Å². The number of pyridine rings is 1. The van der Waals surface area contributed by atoms with Crippen molar-refractivity contribution < 1.29 is 4.92 Å². The molecule has 20 heavy (non-hydrogen) atoms. The van der Waals surface area contributed by atoms with E-state index in [1.807, 2.05) is 0 Å². The Morgan fingerprint density at radius 1 is 1.40 bits per heavy atom. The van der Waals surface area contributed by atoms with Crippen LogP contribution in [0.15, 0.2) is 18.3 Å². The van der Waals surface area contributed by atoms with Crippen molar-refractivity contribution in [1.82, 2.24) is 10.3 Å². The summed E-state index contributed by atoms with van der Waals surface area (Å²) in [6, 6.07) is 3.04. The molecule has 0 bridgehead atoms. The Bertz CT molecular complexity index is 494. The third-order valence-electron chi connectivity index (χ3n) is 4.49. The van der Waals surface area contributed by atoms with Gasteiger partial charge >= 0.3 is 0 Å². The Morgan fingerprint density at radius 3 is 3.00 bits per heavy atom. The third kappa shape index (κ3) is 2.60. The van der Waals surface area contributed by atoms with Gasteiger partial charge in [-0.25, -0.2) is 4.98 Å². The van der Waals surface area contributed by atoms with Crippen LogP contribution < -0.4 is 10.2 Å². The molecule has 2 aliphatic heterocycles. The van der Waals surface area contributed by atoms with Crippen LogP contribution >= 0.6 is 0 Å².